The van der Waals surface area contributed by atoms with Crippen LogP contribution in [0.2, 0.25) is 0 Å². The molecule has 0 aliphatic carbocycles. The van der Waals surface area contributed by atoms with Crippen LogP contribution in [-0.4, -0.2) is 36.7 Å². The van der Waals surface area contributed by atoms with Gasteiger partial charge in [-0.25, -0.2) is 0 Å². The number of nitrogens with two attached hydrogens (primary N) is 1. The predicted molar refractivity (Wildman–Crippen MR) is 76.8 cm³/mol. The molecule has 1 aromatic rings. The first kappa shape index (κ1) is 15.6. The fraction of sp³-hybridized carbons (Fsp3) is 0.462. The molecule has 3 N–H and O–H groups in total. The van der Waals surface area contributed by atoms with Gasteiger partial charge in [0.25, 0.3) is 0 Å². The van der Waals surface area contributed by atoms with Crippen LogP contribution >= 0.6 is 11.6 Å². The number of benzene rings is 1. The molecular weight excluding hydrogens is 268 g/mol. The van der Waals surface area contributed by atoms with Crippen LogP contribution < -0.4 is 15.4 Å². The first-order valence-corrected chi connectivity index (χ1v) is 6.68. The zero-order valence-electron chi connectivity index (χ0n) is 10.9. The number of hydrogen-bond donors (Lipinski definition) is 2. The Labute approximate surface area is 117 Å². The van der Waals surface area contributed by atoms with Crippen molar-refractivity contribution in [1.29, 1.82) is 0 Å². The van der Waals surface area contributed by atoms with E-state index in [9.17, 15) is 4.79 Å². The highest BCUT2D eigenvalue weighted by atomic mass is 35.5. The van der Waals surface area contributed by atoms with E-state index in [4.69, 9.17) is 27.2 Å². The molecule has 0 amide bonds. The summed E-state index contributed by atoms with van der Waals surface area (Å²) in [4.78, 5) is 13.3. The lowest BCUT2D eigenvalue weighted by Crippen LogP contribution is -2.29. The van der Waals surface area contributed by atoms with Gasteiger partial charge >= 0.3 is 5.97 Å². The van der Waals surface area contributed by atoms with Crippen molar-refractivity contribution in [3.8, 4) is 5.75 Å². The summed E-state index contributed by atoms with van der Waals surface area (Å²) >= 11 is 5.74. The molecule has 0 saturated carbocycles. The highest BCUT2D eigenvalue weighted by Gasteiger charge is 2.16. The van der Waals surface area contributed by atoms with Crippen molar-refractivity contribution in [2.24, 2.45) is 0 Å². The molecule has 106 valence electrons. The number of nitrogen functional groups attached to an aromatic ring is 1. The quantitative estimate of drug-likeness (QED) is 0.345. The van der Waals surface area contributed by atoms with Crippen LogP contribution in [0.15, 0.2) is 18.2 Å². The van der Waals surface area contributed by atoms with Crippen LogP contribution in [-0.2, 0) is 4.79 Å². The van der Waals surface area contributed by atoms with Crippen molar-refractivity contribution in [3.63, 3.8) is 0 Å². The number of carbonyl (C=O) groups is 1. The molecule has 19 heavy (non-hydrogen) atoms. The van der Waals surface area contributed by atoms with Gasteiger partial charge in [0.15, 0.2) is 5.75 Å². The van der Waals surface area contributed by atoms with E-state index >= 15 is 0 Å². The molecular formula is C13H19ClN2O3. The molecule has 0 atom stereocenters. The van der Waals surface area contributed by atoms with Gasteiger partial charge in [-0.15, -0.1) is 11.6 Å². The maximum absolute atomic E-state index is 11.5. The number of esters is 1. The number of aliphatic hydroxyl groups excluding tert-OH is 1. The van der Waals surface area contributed by atoms with Gasteiger partial charge in [0, 0.05) is 25.4 Å². The summed E-state index contributed by atoms with van der Waals surface area (Å²) in [7, 11) is 0. The Morgan fingerprint density at radius 2 is 2.21 bits per heavy atom. The van der Waals surface area contributed by atoms with E-state index in [2.05, 4.69) is 0 Å². The van der Waals surface area contributed by atoms with Gasteiger partial charge in [-0.3, -0.25) is 4.79 Å². The number of halogens is 1. The smallest absolute Gasteiger partial charge is 0.311 e. The Morgan fingerprint density at radius 1 is 1.47 bits per heavy atom. The van der Waals surface area contributed by atoms with Gasteiger partial charge in [0.2, 0.25) is 0 Å². The molecule has 1 aromatic carbocycles. The zero-order valence-corrected chi connectivity index (χ0v) is 11.7. The molecule has 6 heteroatoms. The van der Waals surface area contributed by atoms with Gasteiger partial charge in [-0.1, -0.05) is 13.0 Å². The minimum absolute atomic E-state index is 0.0210. The number of para-hydroxylation sites is 1. The zero-order chi connectivity index (χ0) is 14.3. The predicted octanol–water partition coefficient (Wildman–Crippen LogP) is 1.62. The summed E-state index contributed by atoms with van der Waals surface area (Å²) in [6.07, 6.45) is 0.267. The lowest BCUT2D eigenvalue weighted by Gasteiger charge is -2.25. The number of anilines is 2. The summed E-state index contributed by atoms with van der Waals surface area (Å²) in [5.41, 5.74) is 6.90. The molecule has 0 radical (unpaired) electrons. The standard InChI is InChI=1S/C13H19ClN2O3/c1-2-12(18)19-13-10(15)4-3-5-11(13)16(7-6-14)8-9-17/h3-5,17H,2,6-9,15H2,1H3. The number of ether oxygens (including phenoxy) is 1. The lowest BCUT2D eigenvalue weighted by molar-refractivity contribution is -0.133. The van der Waals surface area contributed by atoms with Gasteiger partial charge in [-0.2, -0.15) is 0 Å². The van der Waals surface area contributed by atoms with Crippen LogP contribution in [0.4, 0.5) is 11.4 Å². The van der Waals surface area contributed by atoms with E-state index in [1.165, 1.54) is 0 Å². The van der Waals surface area contributed by atoms with E-state index in [0.717, 1.165) is 0 Å². The molecule has 5 nitrogen and oxygen atoms in total. The normalized spacial score (nSPS) is 10.3. The van der Waals surface area contributed by atoms with Gasteiger partial charge in [0.1, 0.15) is 0 Å². The fourth-order valence-electron chi connectivity index (χ4n) is 1.66. The summed E-state index contributed by atoms with van der Waals surface area (Å²) in [5.74, 6) is 0.373. The summed E-state index contributed by atoms with van der Waals surface area (Å²) in [6, 6.07) is 5.23. The Kier molecular flexibility index (Phi) is 6.45. The van der Waals surface area contributed by atoms with Crippen molar-refractivity contribution in [1.82, 2.24) is 0 Å². The maximum Gasteiger partial charge on any atom is 0.311 e. The first-order chi connectivity index (χ1) is 9.13. The fourth-order valence-corrected chi connectivity index (χ4v) is 1.87. The highest BCUT2D eigenvalue weighted by molar-refractivity contribution is 6.18. The van der Waals surface area contributed by atoms with Gasteiger partial charge < -0.3 is 20.5 Å². The monoisotopic (exact) mass is 286 g/mol. The van der Waals surface area contributed by atoms with E-state index < -0.39 is 0 Å². The van der Waals surface area contributed by atoms with Crippen molar-refractivity contribution in [3.05, 3.63) is 18.2 Å². The van der Waals surface area contributed by atoms with E-state index in [1.54, 1.807) is 25.1 Å². The lowest BCUT2D eigenvalue weighted by atomic mass is 10.2. The number of nitrogens with zero attached hydrogens (tertiary/aromatic N) is 1. The Balaban J connectivity index is 3.09. The Bertz CT molecular complexity index is 420. The van der Waals surface area contributed by atoms with Crippen LogP contribution in [0.5, 0.6) is 5.75 Å². The molecule has 0 aliphatic rings. The largest absolute Gasteiger partial charge is 0.422 e. The van der Waals surface area contributed by atoms with Crippen molar-refractivity contribution in [2.75, 3.05) is 36.2 Å². The molecule has 0 fully saturated rings. The number of carbonyl (C=O) groups excluding carboxylic acids is 1. The van der Waals surface area contributed by atoms with Crippen molar-refractivity contribution in [2.45, 2.75) is 13.3 Å². The van der Waals surface area contributed by atoms with Gasteiger partial charge in [0.05, 0.1) is 18.0 Å². The third-order valence-corrected chi connectivity index (χ3v) is 2.76. The van der Waals surface area contributed by atoms with E-state index in [0.29, 0.717) is 36.1 Å². The number of alkyl halides is 1. The topological polar surface area (TPSA) is 75.8 Å². The second-order valence-corrected chi connectivity index (χ2v) is 4.30. The Hall–Kier alpha value is -1.46. The first-order valence-electron chi connectivity index (χ1n) is 6.15. The molecule has 0 spiro atoms. The maximum atomic E-state index is 11.5. The van der Waals surface area contributed by atoms with Crippen LogP contribution in [0.3, 0.4) is 0 Å². The van der Waals surface area contributed by atoms with Crippen molar-refractivity contribution < 1.29 is 14.6 Å². The Morgan fingerprint density at radius 3 is 2.79 bits per heavy atom. The molecule has 0 aliphatic heterocycles. The summed E-state index contributed by atoms with van der Waals surface area (Å²) in [6.45, 7) is 2.62. The van der Waals surface area contributed by atoms with Crippen LogP contribution in [0.1, 0.15) is 13.3 Å². The number of hydrogen-bond acceptors (Lipinski definition) is 5. The summed E-state index contributed by atoms with van der Waals surface area (Å²) in [5, 5.41) is 9.09. The second kappa shape index (κ2) is 7.86. The minimum atomic E-state index is -0.353. The average Bonchev–Trinajstić information content (AvgIpc) is 2.40. The number of rotatable bonds is 7. The summed E-state index contributed by atoms with van der Waals surface area (Å²) < 4.78 is 5.27. The molecule has 0 saturated heterocycles. The molecule has 0 bridgehead atoms. The van der Waals surface area contributed by atoms with E-state index in [1.807, 2.05) is 4.90 Å². The van der Waals surface area contributed by atoms with Gasteiger partial charge in [-0.05, 0) is 12.1 Å². The SMILES string of the molecule is CCC(=O)Oc1c(N)cccc1N(CCO)CCCl. The third-order valence-electron chi connectivity index (χ3n) is 2.59. The molecule has 0 unspecified atom stereocenters. The van der Waals surface area contributed by atoms with E-state index in [-0.39, 0.29) is 19.0 Å². The third kappa shape index (κ3) is 4.29. The minimum Gasteiger partial charge on any atom is -0.422 e. The second-order valence-electron chi connectivity index (χ2n) is 3.92. The van der Waals surface area contributed by atoms with Crippen LogP contribution in [0.25, 0.3) is 0 Å². The van der Waals surface area contributed by atoms with Crippen LogP contribution in [0, 0.1) is 0 Å². The van der Waals surface area contributed by atoms with Crippen molar-refractivity contribution >= 4 is 28.9 Å². The molecule has 1 rings (SSSR count). The highest BCUT2D eigenvalue weighted by Crippen LogP contribution is 2.34. The molecule has 0 aromatic heterocycles. The average molecular weight is 287 g/mol. The number of aliphatic hydroxyl groups is 1. The molecule has 0 heterocycles.